The van der Waals surface area contributed by atoms with Crippen molar-refractivity contribution in [2.75, 3.05) is 20.7 Å². The SMILES string of the molecule is CCC(NC(=O)C1CCC1C(=O)O)c1ccccc1OCC(=O)N(C)C. The Kier molecular flexibility index (Phi) is 6.60. The Morgan fingerprint density at radius 2 is 1.88 bits per heavy atom. The van der Waals surface area contributed by atoms with Crippen LogP contribution >= 0.6 is 0 Å². The number of hydrogen-bond acceptors (Lipinski definition) is 4. The summed E-state index contributed by atoms with van der Waals surface area (Å²) >= 11 is 0. The molecule has 0 saturated heterocycles. The first-order valence-electron chi connectivity index (χ1n) is 8.80. The van der Waals surface area contributed by atoms with Gasteiger partial charge in [0.1, 0.15) is 5.75 Å². The number of carbonyl (C=O) groups is 3. The van der Waals surface area contributed by atoms with Gasteiger partial charge >= 0.3 is 5.97 Å². The van der Waals surface area contributed by atoms with Gasteiger partial charge in [-0.25, -0.2) is 0 Å². The van der Waals surface area contributed by atoms with Gasteiger partial charge in [-0.15, -0.1) is 0 Å². The van der Waals surface area contributed by atoms with Crippen LogP contribution in [0.25, 0.3) is 0 Å². The number of aliphatic carboxylic acids is 1. The third kappa shape index (κ3) is 4.53. The summed E-state index contributed by atoms with van der Waals surface area (Å²) in [6.45, 7) is 1.85. The van der Waals surface area contributed by atoms with Crippen LogP contribution in [0.2, 0.25) is 0 Å². The van der Waals surface area contributed by atoms with Crippen LogP contribution in [0.15, 0.2) is 24.3 Å². The molecule has 0 bridgehead atoms. The molecule has 2 rings (SSSR count). The minimum Gasteiger partial charge on any atom is -0.483 e. The van der Waals surface area contributed by atoms with Crippen molar-refractivity contribution in [1.82, 2.24) is 10.2 Å². The maximum Gasteiger partial charge on any atom is 0.307 e. The number of rotatable bonds is 8. The van der Waals surface area contributed by atoms with Gasteiger partial charge in [-0.2, -0.15) is 0 Å². The molecule has 7 nitrogen and oxygen atoms in total. The van der Waals surface area contributed by atoms with Gasteiger partial charge in [0.25, 0.3) is 5.91 Å². The molecule has 3 atom stereocenters. The largest absolute Gasteiger partial charge is 0.483 e. The van der Waals surface area contributed by atoms with Crippen LogP contribution in [0.4, 0.5) is 0 Å². The van der Waals surface area contributed by atoms with Crippen LogP contribution < -0.4 is 10.1 Å². The minimum atomic E-state index is -0.921. The molecule has 0 aromatic heterocycles. The van der Waals surface area contributed by atoms with Crippen molar-refractivity contribution in [1.29, 1.82) is 0 Å². The van der Waals surface area contributed by atoms with Crippen molar-refractivity contribution in [3.63, 3.8) is 0 Å². The molecule has 0 spiro atoms. The van der Waals surface area contributed by atoms with Crippen LogP contribution in [0.5, 0.6) is 5.75 Å². The number of amides is 2. The summed E-state index contributed by atoms with van der Waals surface area (Å²) in [6, 6.07) is 6.95. The van der Waals surface area contributed by atoms with Gasteiger partial charge in [-0.05, 0) is 25.3 Å². The predicted octanol–water partition coefficient (Wildman–Crippen LogP) is 1.83. The third-order valence-electron chi connectivity index (χ3n) is 4.80. The van der Waals surface area contributed by atoms with Crippen molar-refractivity contribution in [2.45, 2.75) is 32.2 Å². The first kappa shape index (κ1) is 19.8. The van der Waals surface area contributed by atoms with Gasteiger partial charge in [0.05, 0.1) is 17.9 Å². The summed E-state index contributed by atoms with van der Waals surface area (Å²) in [7, 11) is 3.31. The fourth-order valence-electron chi connectivity index (χ4n) is 2.96. The number of ether oxygens (including phenoxy) is 1. The number of carboxylic acid groups (broad SMARTS) is 1. The molecule has 7 heteroatoms. The highest BCUT2D eigenvalue weighted by atomic mass is 16.5. The molecule has 0 aliphatic heterocycles. The number of benzene rings is 1. The average molecular weight is 362 g/mol. The molecule has 1 saturated carbocycles. The fourth-order valence-corrected chi connectivity index (χ4v) is 2.96. The van der Waals surface area contributed by atoms with Crippen LogP contribution in [-0.4, -0.2) is 48.5 Å². The highest BCUT2D eigenvalue weighted by Crippen LogP contribution is 2.36. The second kappa shape index (κ2) is 8.69. The van der Waals surface area contributed by atoms with Crippen molar-refractivity contribution in [2.24, 2.45) is 11.8 Å². The van der Waals surface area contributed by atoms with E-state index in [1.165, 1.54) is 4.90 Å². The van der Waals surface area contributed by atoms with E-state index in [0.29, 0.717) is 25.0 Å². The topological polar surface area (TPSA) is 95.9 Å². The standard InChI is InChI=1S/C19H26N2O5/c1-4-15(20-18(23)12-9-10-13(12)19(24)25)14-7-5-6-8-16(14)26-11-17(22)21(2)3/h5-8,12-13,15H,4,9-11H2,1-3H3,(H,20,23)(H,24,25). The predicted molar refractivity (Wildman–Crippen MR) is 95.7 cm³/mol. The highest BCUT2D eigenvalue weighted by molar-refractivity contribution is 5.86. The second-order valence-electron chi connectivity index (χ2n) is 6.71. The number of likely N-dealkylation sites (N-methyl/N-ethyl adjacent to an activating group) is 1. The van der Waals surface area contributed by atoms with E-state index in [0.717, 1.165) is 5.56 Å². The van der Waals surface area contributed by atoms with Gasteiger partial charge in [-0.1, -0.05) is 25.1 Å². The normalized spacial score (nSPS) is 19.8. The smallest absolute Gasteiger partial charge is 0.307 e. The Bertz CT molecular complexity index is 674. The van der Waals surface area contributed by atoms with E-state index in [1.54, 1.807) is 26.2 Å². The molecule has 3 unspecified atom stereocenters. The summed E-state index contributed by atoms with van der Waals surface area (Å²) in [6.07, 6.45) is 1.75. The minimum absolute atomic E-state index is 0.0852. The van der Waals surface area contributed by atoms with E-state index < -0.39 is 17.8 Å². The van der Waals surface area contributed by atoms with Gasteiger partial charge in [0.15, 0.2) is 6.61 Å². The number of nitrogens with zero attached hydrogens (tertiary/aromatic N) is 1. The maximum atomic E-state index is 12.5. The number of carboxylic acids is 1. The summed E-state index contributed by atoms with van der Waals surface area (Å²) in [5.41, 5.74) is 0.779. The van der Waals surface area contributed by atoms with E-state index in [1.807, 2.05) is 19.1 Å². The molecular formula is C19H26N2O5. The van der Waals surface area contributed by atoms with Gasteiger partial charge < -0.3 is 20.1 Å². The lowest BCUT2D eigenvalue weighted by molar-refractivity contribution is -0.153. The molecule has 1 aliphatic carbocycles. The highest BCUT2D eigenvalue weighted by Gasteiger charge is 2.41. The van der Waals surface area contributed by atoms with E-state index in [2.05, 4.69) is 5.32 Å². The molecule has 0 radical (unpaired) electrons. The zero-order chi connectivity index (χ0) is 19.3. The monoisotopic (exact) mass is 362 g/mol. The van der Waals surface area contributed by atoms with Gasteiger partial charge in [-0.3, -0.25) is 14.4 Å². The van der Waals surface area contributed by atoms with Crippen LogP contribution in [0.3, 0.4) is 0 Å². The Balaban J connectivity index is 2.08. The molecule has 2 amide bonds. The molecule has 1 aromatic carbocycles. The average Bonchev–Trinajstić information content (AvgIpc) is 2.56. The summed E-state index contributed by atoms with van der Waals surface area (Å²) < 4.78 is 5.65. The second-order valence-corrected chi connectivity index (χ2v) is 6.71. The summed E-state index contributed by atoms with van der Waals surface area (Å²) in [4.78, 5) is 36.8. The number of carbonyl (C=O) groups excluding carboxylic acids is 2. The first-order chi connectivity index (χ1) is 12.3. The molecule has 1 fully saturated rings. The van der Waals surface area contributed by atoms with E-state index in [9.17, 15) is 14.4 Å². The zero-order valence-corrected chi connectivity index (χ0v) is 15.4. The fraction of sp³-hybridized carbons (Fsp3) is 0.526. The van der Waals surface area contributed by atoms with Gasteiger partial charge in [0, 0.05) is 19.7 Å². The van der Waals surface area contributed by atoms with E-state index >= 15 is 0 Å². The molecular weight excluding hydrogens is 336 g/mol. The Morgan fingerprint density at radius 1 is 1.23 bits per heavy atom. The molecule has 26 heavy (non-hydrogen) atoms. The van der Waals surface area contributed by atoms with Crippen LogP contribution in [0.1, 0.15) is 37.8 Å². The van der Waals surface area contributed by atoms with E-state index in [4.69, 9.17) is 9.84 Å². The molecule has 1 aromatic rings. The zero-order valence-electron chi connectivity index (χ0n) is 15.4. The third-order valence-corrected chi connectivity index (χ3v) is 4.80. The summed E-state index contributed by atoms with van der Waals surface area (Å²) in [5, 5.41) is 12.1. The van der Waals surface area contributed by atoms with Crippen molar-refractivity contribution < 1.29 is 24.2 Å². The molecule has 142 valence electrons. The number of hydrogen-bond donors (Lipinski definition) is 2. The lowest BCUT2D eigenvalue weighted by atomic mass is 9.73. The van der Waals surface area contributed by atoms with Gasteiger partial charge in [0.2, 0.25) is 5.91 Å². The van der Waals surface area contributed by atoms with Crippen molar-refractivity contribution in [3.8, 4) is 5.75 Å². The van der Waals surface area contributed by atoms with Crippen molar-refractivity contribution >= 4 is 17.8 Å². The molecule has 0 heterocycles. The Labute approximate surface area is 153 Å². The summed E-state index contributed by atoms with van der Waals surface area (Å²) in [5.74, 6) is -1.86. The quantitative estimate of drug-likeness (QED) is 0.735. The number of nitrogens with one attached hydrogen (secondary N) is 1. The van der Waals surface area contributed by atoms with Crippen molar-refractivity contribution in [3.05, 3.63) is 29.8 Å². The lowest BCUT2D eigenvalue weighted by Gasteiger charge is -2.33. The Morgan fingerprint density at radius 3 is 2.42 bits per heavy atom. The lowest BCUT2D eigenvalue weighted by Crippen LogP contribution is -2.45. The first-order valence-corrected chi connectivity index (χ1v) is 8.80. The van der Waals surface area contributed by atoms with E-state index in [-0.39, 0.29) is 24.5 Å². The van der Waals surface area contributed by atoms with Crippen LogP contribution in [-0.2, 0) is 14.4 Å². The Hall–Kier alpha value is -2.57. The number of para-hydroxylation sites is 1. The molecule has 1 aliphatic rings. The maximum absolute atomic E-state index is 12.5. The molecule has 2 N–H and O–H groups in total. The van der Waals surface area contributed by atoms with Crippen LogP contribution in [0, 0.1) is 11.8 Å².